The van der Waals surface area contributed by atoms with Gasteiger partial charge in [-0.3, -0.25) is 9.69 Å². The lowest BCUT2D eigenvalue weighted by Gasteiger charge is -2.34. The molecule has 0 radical (unpaired) electrons. The van der Waals surface area contributed by atoms with Crippen LogP contribution in [0.4, 0.5) is 0 Å². The van der Waals surface area contributed by atoms with Gasteiger partial charge in [-0.1, -0.05) is 37.0 Å². The van der Waals surface area contributed by atoms with Crippen molar-refractivity contribution in [2.75, 3.05) is 19.6 Å². The number of nitrogens with zero attached hydrogens (tertiary/aromatic N) is 1. The highest BCUT2D eigenvalue weighted by Crippen LogP contribution is 2.24. The zero-order valence-electron chi connectivity index (χ0n) is 11.3. The average Bonchev–Trinajstić information content (AvgIpc) is 2.36. The number of hydrogen-bond acceptors (Lipinski definition) is 2. The summed E-state index contributed by atoms with van der Waals surface area (Å²) in [5, 5.41) is 1.03. The second-order valence-electron chi connectivity index (χ2n) is 5.53. The van der Waals surface area contributed by atoms with E-state index in [4.69, 9.17) is 23.2 Å². The van der Waals surface area contributed by atoms with E-state index in [1.165, 1.54) is 0 Å². The smallest absolute Gasteiger partial charge is 0.178 e. The van der Waals surface area contributed by atoms with Crippen LogP contribution in [0.1, 0.15) is 30.6 Å². The predicted octanol–water partition coefficient (Wildman–Crippen LogP) is 4.15. The lowest BCUT2D eigenvalue weighted by atomic mass is 9.88. The molecular weight excluding hydrogens is 281 g/mol. The van der Waals surface area contributed by atoms with Gasteiger partial charge in [-0.15, -0.1) is 0 Å². The van der Waals surface area contributed by atoms with Crippen LogP contribution in [0.5, 0.6) is 0 Å². The molecule has 1 saturated heterocycles. The van der Waals surface area contributed by atoms with Crippen LogP contribution in [-0.2, 0) is 0 Å². The van der Waals surface area contributed by atoms with Gasteiger partial charge < -0.3 is 0 Å². The van der Waals surface area contributed by atoms with Gasteiger partial charge in [0, 0.05) is 17.1 Å². The minimum absolute atomic E-state index is 0.0502. The molecule has 0 saturated carbocycles. The van der Waals surface area contributed by atoms with E-state index < -0.39 is 0 Å². The first-order valence-corrected chi connectivity index (χ1v) is 7.43. The third kappa shape index (κ3) is 3.71. The lowest BCUT2D eigenvalue weighted by Crippen LogP contribution is -2.41. The highest BCUT2D eigenvalue weighted by Gasteiger charge is 2.24. The van der Waals surface area contributed by atoms with E-state index in [1.807, 2.05) is 0 Å². The molecule has 2 rings (SSSR count). The van der Waals surface area contributed by atoms with Crippen LogP contribution in [0.25, 0.3) is 0 Å². The maximum atomic E-state index is 12.3. The summed E-state index contributed by atoms with van der Waals surface area (Å²) < 4.78 is 0. The van der Waals surface area contributed by atoms with Gasteiger partial charge in [0.25, 0.3) is 0 Å². The summed E-state index contributed by atoms with van der Waals surface area (Å²) in [7, 11) is 0. The molecule has 1 aliphatic rings. The van der Waals surface area contributed by atoms with Crippen molar-refractivity contribution in [2.24, 2.45) is 11.8 Å². The minimum atomic E-state index is 0.0502. The normalized spacial score (nSPS) is 24.4. The fourth-order valence-electron chi connectivity index (χ4n) is 2.49. The number of hydrogen-bond donors (Lipinski definition) is 0. The van der Waals surface area contributed by atoms with Crippen molar-refractivity contribution in [3.05, 3.63) is 33.8 Å². The van der Waals surface area contributed by atoms with E-state index in [1.54, 1.807) is 18.2 Å². The third-order valence-electron chi connectivity index (χ3n) is 4.01. The zero-order chi connectivity index (χ0) is 14.0. The SMILES string of the molecule is CC1CCN(CC(=O)c2cc(Cl)ccc2Cl)CC1C. The van der Waals surface area contributed by atoms with Crippen molar-refractivity contribution >= 4 is 29.0 Å². The molecule has 4 heteroatoms. The van der Waals surface area contributed by atoms with Crippen LogP contribution in [-0.4, -0.2) is 30.3 Å². The molecule has 104 valence electrons. The molecular formula is C15H19Cl2NO. The number of halogens is 2. The number of Topliss-reactive ketones (excluding diaryl/α,β-unsaturated/α-hetero) is 1. The lowest BCUT2D eigenvalue weighted by molar-refractivity contribution is 0.0849. The Morgan fingerprint density at radius 2 is 2.05 bits per heavy atom. The molecule has 19 heavy (non-hydrogen) atoms. The van der Waals surface area contributed by atoms with Crippen molar-refractivity contribution in [1.29, 1.82) is 0 Å². The molecule has 1 aliphatic heterocycles. The maximum absolute atomic E-state index is 12.3. The summed E-state index contributed by atoms with van der Waals surface area (Å²) in [4.78, 5) is 14.5. The number of rotatable bonds is 3. The van der Waals surface area contributed by atoms with Gasteiger partial charge in [0.1, 0.15) is 0 Å². The molecule has 2 nitrogen and oxygen atoms in total. The van der Waals surface area contributed by atoms with Gasteiger partial charge in [-0.2, -0.15) is 0 Å². The van der Waals surface area contributed by atoms with Crippen LogP contribution < -0.4 is 0 Å². The molecule has 1 aromatic rings. The number of benzene rings is 1. The Balaban J connectivity index is 2.03. The van der Waals surface area contributed by atoms with E-state index in [-0.39, 0.29) is 5.78 Å². The molecule has 1 aromatic carbocycles. The van der Waals surface area contributed by atoms with Gasteiger partial charge in [-0.25, -0.2) is 0 Å². The van der Waals surface area contributed by atoms with Crippen LogP contribution in [0.15, 0.2) is 18.2 Å². The highest BCUT2D eigenvalue weighted by atomic mass is 35.5. The van der Waals surface area contributed by atoms with E-state index in [0.717, 1.165) is 25.4 Å². The van der Waals surface area contributed by atoms with Crippen LogP contribution >= 0.6 is 23.2 Å². The maximum Gasteiger partial charge on any atom is 0.178 e. The van der Waals surface area contributed by atoms with Gasteiger partial charge >= 0.3 is 0 Å². The van der Waals surface area contributed by atoms with E-state index in [0.29, 0.717) is 28.1 Å². The zero-order valence-corrected chi connectivity index (χ0v) is 12.8. The molecule has 0 N–H and O–H groups in total. The van der Waals surface area contributed by atoms with E-state index in [9.17, 15) is 4.79 Å². The van der Waals surface area contributed by atoms with Gasteiger partial charge in [0.2, 0.25) is 0 Å². The Morgan fingerprint density at radius 3 is 2.74 bits per heavy atom. The Labute approximate surface area is 124 Å². The van der Waals surface area contributed by atoms with Crippen LogP contribution in [0.2, 0.25) is 10.0 Å². The molecule has 2 unspecified atom stereocenters. The summed E-state index contributed by atoms with van der Waals surface area (Å²) in [6.07, 6.45) is 1.15. The van der Waals surface area contributed by atoms with Gasteiger partial charge in [-0.05, 0) is 43.0 Å². The minimum Gasteiger partial charge on any atom is -0.296 e. The van der Waals surface area contributed by atoms with Crippen molar-refractivity contribution < 1.29 is 4.79 Å². The first-order chi connectivity index (χ1) is 8.97. The van der Waals surface area contributed by atoms with Gasteiger partial charge in [0.05, 0.1) is 11.6 Å². The standard InChI is InChI=1S/C15H19Cl2NO/c1-10-5-6-18(8-11(10)2)9-15(19)13-7-12(16)3-4-14(13)17/h3-4,7,10-11H,5-6,8-9H2,1-2H3. The monoisotopic (exact) mass is 299 g/mol. The second kappa shape index (κ2) is 6.25. The Bertz CT molecular complexity index is 475. The van der Waals surface area contributed by atoms with Crippen molar-refractivity contribution in [3.63, 3.8) is 0 Å². The fraction of sp³-hybridized carbons (Fsp3) is 0.533. The summed E-state index contributed by atoms with van der Waals surface area (Å²) in [5.74, 6) is 1.42. The van der Waals surface area contributed by atoms with Gasteiger partial charge in [0.15, 0.2) is 5.78 Å². The summed E-state index contributed by atoms with van der Waals surface area (Å²) in [6, 6.07) is 5.03. The van der Waals surface area contributed by atoms with Crippen LogP contribution in [0, 0.1) is 11.8 Å². The molecule has 1 fully saturated rings. The Hall–Kier alpha value is -0.570. The molecule has 0 amide bonds. The topological polar surface area (TPSA) is 20.3 Å². The highest BCUT2D eigenvalue weighted by molar-refractivity contribution is 6.36. The van der Waals surface area contributed by atoms with E-state index >= 15 is 0 Å². The molecule has 0 aliphatic carbocycles. The first kappa shape index (κ1) is 14.8. The summed E-state index contributed by atoms with van der Waals surface area (Å²) in [6.45, 7) is 6.91. The number of ketones is 1. The quantitative estimate of drug-likeness (QED) is 0.781. The number of likely N-dealkylation sites (tertiary alicyclic amines) is 1. The van der Waals surface area contributed by atoms with Crippen molar-refractivity contribution in [2.45, 2.75) is 20.3 Å². The van der Waals surface area contributed by atoms with Crippen molar-refractivity contribution in [1.82, 2.24) is 4.90 Å². The van der Waals surface area contributed by atoms with Crippen LogP contribution in [0.3, 0.4) is 0 Å². The Kier molecular flexibility index (Phi) is 4.88. The number of carbonyl (C=O) groups excluding carboxylic acids is 1. The molecule has 1 heterocycles. The summed E-state index contributed by atoms with van der Waals surface area (Å²) in [5.41, 5.74) is 0.528. The molecule has 0 aromatic heterocycles. The molecule has 2 atom stereocenters. The third-order valence-corrected chi connectivity index (χ3v) is 4.58. The predicted molar refractivity (Wildman–Crippen MR) is 80.2 cm³/mol. The second-order valence-corrected chi connectivity index (χ2v) is 6.37. The van der Waals surface area contributed by atoms with E-state index in [2.05, 4.69) is 18.7 Å². The number of carbonyl (C=O) groups is 1. The average molecular weight is 300 g/mol. The molecule has 0 spiro atoms. The molecule has 0 bridgehead atoms. The number of piperidine rings is 1. The fourth-order valence-corrected chi connectivity index (χ4v) is 2.89. The summed E-state index contributed by atoms with van der Waals surface area (Å²) >= 11 is 12.0. The van der Waals surface area contributed by atoms with Crippen molar-refractivity contribution in [3.8, 4) is 0 Å². The Morgan fingerprint density at radius 1 is 1.32 bits per heavy atom. The first-order valence-electron chi connectivity index (χ1n) is 6.68. The largest absolute Gasteiger partial charge is 0.296 e.